The first-order valence-corrected chi connectivity index (χ1v) is 6.80. The Hall–Kier alpha value is -2.02. The molecule has 5 nitrogen and oxygen atoms in total. The van der Waals surface area contributed by atoms with E-state index in [0.717, 1.165) is 12.8 Å². The minimum absolute atomic E-state index is 0.0377. The van der Waals surface area contributed by atoms with Crippen LogP contribution in [0.5, 0.6) is 5.75 Å². The van der Waals surface area contributed by atoms with Crippen LogP contribution in [0.3, 0.4) is 0 Å². The second kappa shape index (κ2) is 5.77. The number of aryl methyl sites for hydroxylation is 1. The second-order valence-corrected chi connectivity index (χ2v) is 5.13. The van der Waals surface area contributed by atoms with E-state index in [0.29, 0.717) is 24.0 Å². The van der Waals surface area contributed by atoms with Crippen LogP contribution in [0.15, 0.2) is 18.5 Å². The van der Waals surface area contributed by atoms with E-state index < -0.39 is 11.6 Å². The van der Waals surface area contributed by atoms with Crippen molar-refractivity contribution in [3.05, 3.63) is 41.5 Å². The van der Waals surface area contributed by atoms with Gasteiger partial charge in [-0.05, 0) is 30.5 Å². The highest BCUT2D eigenvalue weighted by Crippen LogP contribution is 2.25. The normalized spacial score (nSPS) is 14.4. The molecule has 1 heterocycles. The predicted molar refractivity (Wildman–Crippen MR) is 71.6 cm³/mol. The van der Waals surface area contributed by atoms with Crippen LogP contribution in [-0.2, 0) is 20.2 Å². The summed E-state index contributed by atoms with van der Waals surface area (Å²) < 4.78 is 34.6. The van der Waals surface area contributed by atoms with Gasteiger partial charge in [0.2, 0.25) is 0 Å². The zero-order chi connectivity index (χ0) is 14.8. The van der Waals surface area contributed by atoms with Crippen molar-refractivity contribution in [3.8, 4) is 5.75 Å². The van der Waals surface area contributed by atoms with Gasteiger partial charge in [-0.15, -0.1) is 0 Å². The van der Waals surface area contributed by atoms with E-state index in [4.69, 9.17) is 4.74 Å². The average Bonchev–Trinajstić information content (AvgIpc) is 3.18. The number of rotatable bonds is 6. The molecule has 0 radical (unpaired) electrons. The molecular weight excluding hydrogens is 278 g/mol. The number of aromatic nitrogens is 3. The number of nitrogens with zero attached hydrogens (tertiary/aromatic N) is 3. The molecule has 1 aromatic heterocycles. The van der Waals surface area contributed by atoms with Crippen LogP contribution in [0, 0.1) is 11.6 Å². The summed E-state index contributed by atoms with van der Waals surface area (Å²) in [6.07, 6.45) is 3.62. The van der Waals surface area contributed by atoms with Crippen molar-refractivity contribution in [1.82, 2.24) is 20.1 Å². The Morgan fingerprint density at radius 1 is 1.33 bits per heavy atom. The van der Waals surface area contributed by atoms with Gasteiger partial charge in [-0.2, -0.15) is 5.10 Å². The fourth-order valence-electron chi connectivity index (χ4n) is 1.99. The van der Waals surface area contributed by atoms with Crippen molar-refractivity contribution in [3.63, 3.8) is 0 Å². The van der Waals surface area contributed by atoms with E-state index >= 15 is 0 Å². The van der Waals surface area contributed by atoms with Crippen molar-refractivity contribution in [2.24, 2.45) is 7.05 Å². The smallest absolute Gasteiger partial charge is 0.191 e. The summed E-state index contributed by atoms with van der Waals surface area (Å²) in [4.78, 5) is 3.94. The lowest BCUT2D eigenvalue weighted by atomic mass is 10.2. The monoisotopic (exact) mass is 294 g/mol. The zero-order valence-electron chi connectivity index (χ0n) is 11.6. The van der Waals surface area contributed by atoms with Gasteiger partial charge < -0.3 is 10.1 Å². The van der Waals surface area contributed by atoms with E-state index in [-0.39, 0.29) is 12.4 Å². The molecule has 0 unspecified atom stereocenters. The molecule has 1 N–H and O–H groups in total. The van der Waals surface area contributed by atoms with E-state index in [2.05, 4.69) is 15.4 Å². The molecule has 7 heteroatoms. The molecule has 0 amide bonds. The fourth-order valence-corrected chi connectivity index (χ4v) is 1.99. The molecule has 3 rings (SSSR count). The molecule has 0 spiro atoms. The van der Waals surface area contributed by atoms with Gasteiger partial charge in [0.05, 0.1) is 0 Å². The largest absolute Gasteiger partial charge is 0.479 e. The lowest BCUT2D eigenvalue weighted by Gasteiger charge is -2.10. The number of benzene rings is 1. The molecular formula is C14H16F2N4O. The Labute approximate surface area is 120 Å². The number of hydrogen-bond donors (Lipinski definition) is 1. The summed E-state index contributed by atoms with van der Waals surface area (Å²) in [5.41, 5.74) is 0.572. The summed E-state index contributed by atoms with van der Waals surface area (Å²) in [6, 6.07) is 3.08. The Kier molecular flexibility index (Phi) is 3.83. The topological polar surface area (TPSA) is 52.0 Å². The maximum Gasteiger partial charge on any atom is 0.191 e. The molecule has 1 fully saturated rings. The van der Waals surface area contributed by atoms with Gasteiger partial charge in [0.1, 0.15) is 12.9 Å². The maximum atomic E-state index is 13.9. The molecule has 1 aliphatic rings. The average molecular weight is 294 g/mol. The molecule has 0 aliphatic heterocycles. The highest BCUT2D eigenvalue weighted by molar-refractivity contribution is 5.31. The Morgan fingerprint density at radius 2 is 2.05 bits per heavy atom. The van der Waals surface area contributed by atoms with Crippen LogP contribution in [0.1, 0.15) is 24.2 Å². The minimum Gasteiger partial charge on any atom is -0.479 e. The van der Waals surface area contributed by atoms with Crippen LogP contribution >= 0.6 is 0 Å². The summed E-state index contributed by atoms with van der Waals surface area (Å²) in [5, 5.41) is 7.08. The summed E-state index contributed by atoms with van der Waals surface area (Å²) in [5.74, 6) is -1.30. The van der Waals surface area contributed by atoms with Crippen LogP contribution in [0.4, 0.5) is 8.78 Å². The molecule has 21 heavy (non-hydrogen) atoms. The molecule has 1 aromatic carbocycles. The van der Waals surface area contributed by atoms with Crippen LogP contribution in [0.2, 0.25) is 0 Å². The standard InChI is InChI=1S/C14H16F2N4O/c1-20-13(18-8-19-20)7-21-14-11(15)4-9(5-12(14)16)6-17-10-2-3-10/h4-5,8,10,17H,2-3,6-7H2,1H3. The third kappa shape index (κ3) is 3.36. The van der Waals surface area contributed by atoms with E-state index in [1.165, 1.54) is 23.1 Å². The quantitative estimate of drug-likeness (QED) is 0.884. The lowest BCUT2D eigenvalue weighted by Crippen LogP contribution is -2.15. The van der Waals surface area contributed by atoms with Crippen molar-refractivity contribution in [2.75, 3.05) is 0 Å². The predicted octanol–water partition coefficient (Wildman–Crippen LogP) is 1.92. The third-order valence-electron chi connectivity index (χ3n) is 3.38. The summed E-state index contributed by atoms with van der Waals surface area (Å²) in [7, 11) is 1.69. The number of hydrogen-bond acceptors (Lipinski definition) is 4. The minimum atomic E-state index is -0.704. The number of nitrogens with one attached hydrogen (secondary N) is 1. The highest BCUT2D eigenvalue weighted by Gasteiger charge is 2.21. The third-order valence-corrected chi connectivity index (χ3v) is 3.38. The van der Waals surface area contributed by atoms with Crippen molar-refractivity contribution < 1.29 is 13.5 Å². The van der Waals surface area contributed by atoms with Crippen LogP contribution in [-0.4, -0.2) is 20.8 Å². The van der Waals surface area contributed by atoms with Crippen LogP contribution < -0.4 is 10.1 Å². The molecule has 1 aliphatic carbocycles. The molecule has 2 aromatic rings. The zero-order valence-corrected chi connectivity index (χ0v) is 11.6. The van der Waals surface area contributed by atoms with Gasteiger partial charge in [-0.25, -0.2) is 13.8 Å². The van der Waals surface area contributed by atoms with Gasteiger partial charge in [-0.1, -0.05) is 0 Å². The van der Waals surface area contributed by atoms with E-state index in [1.807, 2.05) is 0 Å². The molecule has 112 valence electrons. The van der Waals surface area contributed by atoms with Crippen molar-refractivity contribution >= 4 is 0 Å². The Bertz CT molecular complexity index is 617. The summed E-state index contributed by atoms with van der Waals surface area (Å²) >= 11 is 0. The lowest BCUT2D eigenvalue weighted by molar-refractivity contribution is 0.261. The first kappa shape index (κ1) is 13.9. The molecule has 0 saturated heterocycles. The first-order chi connectivity index (χ1) is 10.1. The second-order valence-electron chi connectivity index (χ2n) is 5.13. The Morgan fingerprint density at radius 3 is 2.62 bits per heavy atom. The van der Waals surface area contributed by atoms with Crippen molar-refractivity contribution in [2.45, 2.75) is 32.0 Å². The van der Waals surface area contributed by atoms with Gasteiger partial charge in [-0.3, -0.25) is 4.68 Å². The molecule has 0 atom stereocenters. The van der Waals surface area contributed by atoms with Gasteiger partial charge in [0, 0.05) is 19.6 Å². The maximum absolute atomic E-state index is 13.9. The van der Waals surface area contributed by atoms with E-state index in [1.54, 1.807) is 7.05 Å². The number of halogens is 2. The Balaban J connectivity index is 1.68. The van der Waals surface area contributed by atoms with Gasteiger partial charge in [0.15, 0.2) is 23.2 Å². The molecule has 1 saturated carbocycles. The fraction of sp³-hybridized carbons (Fsp3) is 0.429. The SMILES string of the molecule is Cn1ncnc1COc1c(F)cc(CNC2CC2)cc1F. The van der Waals surface area contributed by atoms with Crippen LogP contribution in [0.25, 0.3) is 0 Å². The first-order valence-electron chi connectivity index (χ1n) is 6.80. The molecule has 0 bridgehead atoms. The summed E-state index contributed by atoms with van der Waals surface area (Å²) in [6.45, 7) is 0.423. The number of ether oxygens (including phenoxy) is 1. The van der Waals surface area contributed by atoms with Gasteiger partial charge >= 0.3 is 0 Å². The van der Waals surface area contributed by atoms with Gasteiger partial charge in [0.25, 0.3) is 0 Å². The highest BCUT2D eigenvalue weighted by atomic mass is 19.1. The van der Waals surface area contributed by atoms with E-state index in [9.17, 15) is 8.78 Å². The van der Waals surface area contributed by atoms with Crippen molar-refractivity contribution in [1.29, 1.82) is 0 Å².